The molecule has 0 bridgehead atoms. The van der Waals surface area contributed by atoms with E-state index in [2.05, 4.69) is 0 Å². The van der Waals surface area contributed by atoms with E-state index in [1.807, 2.05) is 37.5 Å². The Kier molecular flexibility index (Phi) is 5.15. The summed E-state index contributed by atoms with van der Waals surface area (Å²) < 4.78 is 0. The van der Waals surface area contributed by atoms with Crippen LogP contribution in [0.2, 0.25) is 0 Å². The van der Waals surface area contributed by atoms with Crippen LogP contribution in [0.15, 0.2) is 0 Å². The predicted molar refractivity (Wildman–Crippen MR) is 78.9 cm³/mol. The van der Waals surface area contributed by atoms with Crippen LogP contribution >= 0.6 is 0 Å². The second-order valence-corrected chi connectivity index (χ2v) is 6.73. The zero-order valence-electron chi connectivity index (χ0n) is 13.1. The lowest BCUT2D eigenvalue weighted by Gasteiger charge is -2.40. The van der Waals surface area contributed by atoms with Gasteiger partial charge in [0.05, 0.1) is 12.0 Å². The molecule has 1 fully saturated rings. The Balaban J connectivity index is 2.70. The van der Waals surface area contributed by atoms with Gasteiger partial charge in [0.25, 0.3) is 0 Å². The van der Waals surface area contributed by atoms with Gasteiger partial charge < -0.3 is 16.4 Å². The Morgan fingerprint density at radius 2 is 1.65 bits per heavy atom. The number of hydrogen-bond acceptors (Lipinski definition) is 4. The van der Waals surface area contributed by atoms with Crippen LogP contribution in [-0.2, 0) is 9.59 Å². The van der Waals surface area contributed by atoms with Gasteiger partial charge in [0, 0.05) is 31.7 Å². The van der Waals surface area contributed by atoms with E-state index >= 15 is 0 Å². The first-order valence-electron chi connectivity index (χ1n) is 7.14. The van der Waals surface area contributed by atoms with Crippen LogP contribution in [0.5, 0.6) is 0 Å². The fourth-order valence-corrected chi connectivity index (χ4v) is 2.22. The second kappa shape index (κ2) is 6.10. The van der Waals surface area contributed by atoms with E-state index in [1.54, 1.807) is 0 Å². The molecule has 1 aliphatic heterocycles. The first kappa shape index (κ1) is 16.9. The Morgan fingerprint density at radius 3 is 2.15 bits per heavy atom. The lowest BCUT2D eigenvalue weighted by Crippen LogP contribution is -2.57. The molecule has 0 saturated carbocycles. The Bertz CT molecular complexity index is 374. The Labute approximate surface area is 121 Å². The molecule has 20 heavy (non-hydrogen) atoms. The van der Waals surface area contributed by atoms with E-state index in [0.29, 0.717) is 19.6 Å². The minimum Gasteiger partial charge on any atom is -0.369 e. The van der Waals surface area contributed by atoms with Crippen LogP contribution in [0.4, 0.5) is 0 Å². The van der Waals surface area contributed by atoms with E-state index in [-0.39, 0.29) is 18.4 Å². The number of hydrogen-bond donors (Lipinski definition) is 2. The Morgan fingerprint density at radius 1 is 1.05 bits per heavy atom. The molecule has 6 heteroatoms. The van der Waals surface area contributed by atoms with Crippen LogP contribution < -0.4 is 11.5 Å². The van der Waals surface area contributed by atoms with Crippen LogP contribution in [0.25, 0.3) is 0 Å². The summed E-state index contributed by atoms with van der Waals surface area (Å²) in [5, 5.41) is 0. The summed E-state index contributed by atoms with van der Waals surface area (Å²) >= 11 is 0. The predicted octanol–water partition coefficient (Wildman–Crippen LogP) is -0.230. The van der Waals surface area contributed by atoms with Crippen LogP contribution in [-0.4, -0.2) is 59.9 Å². The topological polar surface area (TPSA) is 92.7 Å². The minimum absolute atomic E-state index is 0.0749. The molecule has 1 rings (SSSR count). The highest BCUT2D eigenvalue weighted by Crippen LogP contribution is 2.30. The first-order chi connectivity index (χ1) is 9.05. The van der Waals surface area contributed by atoms with Crippen LogP contribution in [0.3, 0.4) is 0 Å². The summed E-state index contributed by atoms with van der Waals surface area (Å²) in [4.78, 5) is 27.5. The van der Waals surface area contributed by atoms with Gasteiger partial charge in [0.2, 0.25) is 11.8 Å². The molecule has 116 valence electrons. The maximum absolute atomic E-state index is 12.7. The average molecular weight is 284 g/mol. The first-order valence-corrected chi connectivity index (χ1v) is 7.14. The lowest BCUT2D eigenvalue weighted by atomic mass is 9.74. The molecule has 0 aromatic carbocycles. The van der Waals surface area contributed by atoms with Gasteiger partial charge in [-0.05, 0) is 34.1 Å². The van der Waals surface area contributed by atoms with E-state index < -0.39 is 11.0 Å². The molecule has 0 atom stereocenters. The zero-order chi connectivity index (χ0) is 15.6. The summed E-state index contributed by atoms with van der Waals surface area (Å²) in [6, 6.07) is 0. The second-order valence-electron chi connectivity index (χ2n) is 6.73. The zero-order valence-corrected chi connectivity index (χ0v) is 13.1. The number of carbonyl (C=O) groups excluding carboxylic acids is 2. The van der Waals surface area contributed by atoms with Gasteiger partial charge in [-0.25, -0.2) is 0 Å². The summed E-state index contributed by atoms with van der Waals surface area (Å²) in [6.45, 7) is 10.6. The summed E-state index contributed by atoms with van der Waals surface area (Å²) in [7, 11) is 0. The van der Waals surface area contributed by atoms with Crippen molar-refractivity contribution in [2.45, 2.75) is 39.7 Å². The number of nitrogens with two attached hydrogens (primary N) is 2. The molecule has 2 amide bonds. The van der Waals surface area contributed by atoms with E-state index in [4.69, 9.17) is 11.5 Å². The van der Waals surface area contributed by atoms with Crippen molar-refractivity contribution in [1.29, 1.82) is 0 Å². The average Bonchev–Trinajstić information content (AvgIpc) is 2.51. The summed E-state index contributed by atoms with van der Waals surface area (Å²) in [5.41, 5.74) is 10.2. The molecule has 0 aromatic rings. The molecule has 1 heterocycles. The highest BCUT2D eigenvalue weighted by atomic mass is 16.2. The van der Waals surface area contributed by atoms with Crippen molar-refractivity contribution in [2.75, 3.05) is 32.7 Å². The SMILES string of the molecule is CC(C)(N)C(C)(C)C(=O)N1CCCN(CC(N)=O)CC1. The number of nitrogens with zero attached hydrogens (tertiary/aromatic N) is 2. The Hall–Kier alpha value is -1.14. The third kappa shape index (κ3) is 3.93. The van der Waals surface area contributed by atoms with Gasteiger partial charge in [-0.2, -0.15) is 0 Å². The summed E-state index contributed by atoms with van der Waals surface area (Å²) in [5.74, 6) is -0.251. The molecule has 0 unspecified atom stereocenters. The molecule has 4 N–H and O–H groups in total. The van der Waals surface area contributed by atoms with Crippen molar-refractivity contribution in [3.05, 3.63) is 0 Å². The number of primary amides is 1. The van der Waals surface area contributed by atoms with Crippen LogP contribution in [0, 0.1) is 5.41 Å². The van der Waals surface area contributed by atoms with Gasteiger partial charge in [-0.1, -0.05) is 0 Å². The van der Waals surface area contributed by atoms with Crippen molar-refractivity contribution in [3.8, 4) is 0 Å². The molecule has 0 aromatic heterocycles. The fraction of sp³-hybridized carbons (Fsp3) is 0.857. The van der Waals surface area contributed by atoms with Gasteiger partial charge >= 0.3 is 0 Å². The maximum atomic E-state index is 12.7. The fourth-order valence-electron chi connectivity index (χ4n) is 2.22. The third-order valence-electron chi connectivity index (χ3n) is 4.40. The minimum atomic E-state index is -0.619. The van der Waals surface area contributed by atoms with Crippen molar-refractivity contribution < 1.29 is 9.59 Å². The van der Waals surface area contributed by atoms with E-state index in [9.17, 15) is 9.59 Å². The molecule has 1 aliphatic rings. The number of carbonyl (C=O) groups is 2. The quantitative estimate of drug-likeness (QED) is 0.746. The van der Waals surface area contributed by atoms with Gasteiger partial charge in [-0.15, -0.1) is 0 Å². The highest BCUT2D eigenvalue weighted by molar-refractivity contribution is 5.83. The number of rotatable bonds is 4. The van der Waals surface area contributed by atoms with Crippen molar-refractivity contribution in [3.63, 3.8) is 0 Å². The highest BCUT2D eigenvalue weighted by Gasteiger charge is 2.42. The van der Waals surface area contributed by atoms with Crippen molar-refractivity contribution in [2.24, 2.45) is 16.9 Å². The molecular weight excluding hydrogens is 256 g/mol. The largest absolute Gasteiger partial charge is 0.369 e. The third-order valence-corrected chi connectivity index (χ3v) is 4.40. The van der Waals surface area contributed by atoms with Gasteiger partial charge in [0.15, 0.2) is 0 Å². The molecular formula is C14H28N4O2. The molecule has 0 spiro atoms. The number of amides is 2. The van der Waals surface area contributed by atoms with E-state index in [0.717, 1.165) is 13.0 Å². The molecule has 1 saturated heterocycles. The van der Waals surface area contributed by atoms with Crippen molar-refractivity contribution in [1.82, 2.24) is 9.80 Å². The maximum Gasteiger partial charge on any atom is 0.231 e. The summed E-state index contributed by atoms with van der Waals surface area (Å²) in [6.07, 6.45) is 0.847. The molecule has 0 aliphatic carbocycles. The normalized spacial score (nSPS) is 18.8. The van der Waals surface area contributed by atoms with Gasteiger partial charge in [-0.3, -0.25) is 14.5 Å². The standard InChI is InChI=1S/C14H28N4O2/c1-13(2,14(3,4)16)12(20)18-7-5-6-17(8-9-18)10-11(15)19/h5-10,16H2,1-4H3,(H2,15,19). The van der Waals surface area contributed by atoms with Gasteiger partial charge in [0.1, 0.15) is 0 Å². The smallest absolute Gasteiger partial charge is 0.231 e. The molecule has 0 radical (unpaired) electrons. The van der Waals surface area contributed by atoms with Crippen LogP contribution in [0.1, 0.15) is 34.1 Å². The molecule has 6 nitrogen and oxygen atoms in total. The van der Waals surface area contributed by atoms with Crippen molar-refractivity contribution >= 4 is 11.8 Å². The monoisotopic (exact) mass is 284 g/mol. The van der Waals surface area contributed by atoms with E-state index in [1.165, 1.54) is 0 Å². The lowest BCUT2D eigenvalue weighted by molar-refractivity contribution is -0.143.